The van der Waals surface area contributed by atoms with Crippen molar-refractivity contribution in [2.24, 2.45) is 0 Å². The molecule has 0 N–H and O–H groups in total. The van der Waals surface area contributed by atoms with E-state index < -0.39 is 11.8 Å². The van der Waals surface area contributed by atoms with Crippen LogP contribution in [0.4, 0.5) is 5.95 Å². The summed E-state index contributed by atoms with van der Waals surface area (Å²) in [6.45, 7) is 0.338. The summed E-state index contributed by atoms with van der Waals surface area (Å²) in [6.07, 6.45) is 1.43. The van der Waals surface area contributed by atoms with E-state index in [1.54, 1.807) is 24.3 Å². The molecule has 0 bridgehead atoms. The number of imide groups is 1. The minimum Gasteiger partial charge on any atom is -0.493 e. The van der Waals surface area contributed by atoms with Crippen molar-refractivity contribution in [3.05, 3.63) is 63.4 Å². The molecule has 0 spiro atoms. The maximum atomic E-state index is 13.0. The SMILES string of the molecule is COc1ccc2c(c1OC)C(=O)N(c1ncn(Cc3ccc(Cl)c(Cl)c3)n1)C2=O. The quantitative estimate of drug-likeness (QED) is 0.573. The maximum absolute atomic E-state index is 13.0. The topological polar surface area (TPSA) is 86.6 Å². The van der Waals surface area contributed by atoms with Crippen LogP contribution in [0.5, 0.6) is 11.5 Å². The lowest BCUT2D eigenvalue weighted by Crippen LogP contribution is -2.30. The summed E-state index contributed by atoms with van der Waals surface area (Å²) in [4.78, 5) is 30.8. The fourth-order valence-electron chi connectivity index (χ4n) is 3.11. The summed E-state index contributed by atoms with van der Waals surface area (Å²) in [5.41, 5.74) is 1.16. The highest BCUT2D eigenvalue weighted by molar-refractivity contribution is 6.42. The maximum Gasteiger partial charge on any atom is 0.272 e. The van der Waals surface area contributed by atoms with Crippen LogP contribution >= 0.6 is 23.2 Å². The number of benzene rings is 2. The Bertz CT molecular complexity index is 1150. The fourth-order valence-corrected chi connectivity index (χ4v) is 3.43. The number of carbonyl (C=O) groups is 2. The van der Waals surface area contributed by atoms with E-state index in [-0.39, 0.29) is 22.8 Å². The van der Waals surface area contributed by atoms with Gasteiger partial charge in [0.25, 0.3) is 17.8 Å². The molecule has 0 saturated heterocycles. The number of aromatic nitrogens is 3. The number of carbonyl (C=O) groups excluding carboxylic acids is 2. The first-order valence-electron chi connectivity index (χ1n) is 8.41. The van der Waals surface area contributed by atoms with Crippen molar-refractivity contribution in [1.29, 1.82) is 0 Å². The molecule has 2 amide bonds. The Balaban J connectivity index is 1.65. The minimum absolute atomic E-state index is 0.0303. The summed E-state index contributed by atoms with van der Waals surface area (Å²) < 4.78 is 12.0. The van der Waals surface area contributed by atoms with E-state index >= 15 is 0 Å². The molecular formula is C19H14Cl2N4O4. The van der Waals surface area contributed by atoms with Gasteiger partial charge < -0.3 is 9.47 Å². The van der Waals surface area contributed by atoms with Gasteiger partial charge in [-0.25, -0.2) is 9.58 Å². The number of anilines is 1. The molecule has 10 heteroatoms. The molecule has 1 aliphatic rings. The third kappa shape index (κ3) is 3.20. The van der Waals surface area contributed by atoms with Gasteiger partial charge in [-0.05, 0) is 29.8 Å². The van der Waals surface area contributed by atoms with E-state index in [9.17, 15) is 9.59 Å². The normalized spacial score (nSPS) is 13.0. The molecule has 2 heterocycles. The number of amides is 2. The van der Waals surface area contributed by atoms with Gasteiger partial charge in [0.2, 0.25) is 0 Å². The van der Waals surface area contributed by atoms with Gasteiger partial charge in [0.1, 0.15) is 6.33 Å². The van der Waals surface area contributed by atoms with Crippen molar-refractivity contribution in [3.63, 3.8) is 0 Å². The lowest BCUT2D eigenvalue weighted by molar-refractivity contribution is 0.0923. The first-order valence-corrected chi connectivity index (χ1v) is 9.17. The molecule has 0 unspecified atom stereocenters. The number of methoxy groups -OCH3 is 2. The highest BCUT2D eigenvalue weighted by atomic mass is 35.5. The number of hydrogen-bond acceptors (Lipinski definition) is 6. The van der Waals surface area contributed by atoms with E-state index in [0.717, 1.165) is 10.5 Å². The summed E-state index contributed by atoms with van der Waals surface area (Å²) in [7, 11) is 2.86. The number of ether oxygens (including phenoxy) is 2. The standard InChI is InChI=1S/C19H14Cl2N4O4/c1-28-14-6-4-11-15(16(14)29-2)18(27)25(17(11)26)19-22-9-24(23-19)8-10-3-5-12(20)13(21)7-10/h3-7,9H,8H2,1-2H3. The van der Waals surface area contributed by atoms with Gasteiger partial charge in [0.15, 0.2) is 11.5 Å². The molecule has 148 valence electrons. The predicted molar refractivity (Wildman–Crippen MR) is 106 cm³/mol. The van der Waals surface area contributed by atoms with Crippen molar-refractivity contribution in [3.8, 4) is 11.5 Å². The molecule has 1 aromatic heterocycles. The van der Waals surface area contributed by atoms with Crippen molar-refractivity contribution >= 4 is 41.0 Å². The largest absolute Gasteiger partial charge is 0.493 e. The van der Waals surface area contributed by atoms with Crippen molar-refractivity contribution in [2.75, 3.05) is 19.1 Å². The van der Waals surface area contributed by atoms with Gasteiger partial charge in [-0.3, -0.25) is 9.59 Å². The fraction of sp³-hybridized carbons (Fsp3) is 0.158. The zero-order valence-corrected chi connectivity index (χ0v) is 16.9. The lowest BCUT2D eigenvalue weighted by Gasteiger charge is -2.10. The Morgan fingerprint density at radius 3 is 2.48 bits per heavy atom. The van der Waals surface area contributed by atoms with E-state index in [1.807, 2.05) is 0 Å². The van der Waals surface area contributed by atoms with Crippen molar-refractivity contribution in [1.82, 2.24) is 14.8 Å². The van der Waals surface area contributed by atoms with E-state index in [1.165, 1.54) is 31.3 Å². The second kappa shape index (κ2) is 7.38. The number of fused-ring (bicyclic) bond motifs is 1. The zero-order valence-electron chi connectivity index (χ0n) is 15.3. The molecule has 3 aromatic rings. The van der Waals surface area contributed by atoms with Gasteiger partial charge in [-0.15, -0.1) is 5.10 Å². The highest BCUT2D eigenvalue weighted by Crippen LogP contribution is 2.39. The lowest BCUT2D eigenvalue weighted by atomic mass is 10.1. The van der Waals surface area contributed by atoms with E-state index in [4.69, 9.17) is 32.7 Å². The number of rotatable bonds is 5. The van der Waals surface area contributed by atoms with Crippen LogP contribution in [0.1, 0.15) is 26.3 Å². The molecular weight excluding hydrogens is 419 g/mol. The molecule has 2 aromatic carbocycles. The van der Waals surface area contributed by atoms with Gasteiger partial charge >= 0.3 is 0 Å². The van der Waals surface area contributed by atoms with Crippen LogP contribution in [-0.2, 0) is 6.54 Å². The zero-order chi connectivity index (χ0) is 20.7. The van der Waals surface area contributed by atoms with Gasteiger partial charge in [0, 0.05) is 0 Å². The smallest absolute Gasteiger partial charge is 0.272 e. The summed E-state index contributed by atoms with van der Waals surface area (Å²) in [5.74, 6) is -0.586. The molecule has 0 atom stereocenters. The van der Waals surface area contributed by atoms with E-state index in [0.29, 0.717) is 22.3 Å². The minimum atomic E-state index is -0.576. The summed E-state index contributed by atoms with van der Waals surface area (Å²) >= 11 is 12.0. The predicted octanol–water partition coefficient (Wildman–Crippen LogP) is 3.45. The molecule has 4 rings (SSSR count). The van der Waals surface area contributed by atoms with Crippen molar-refractivity contribution in [2.45, 2.75) is 6.54 Å². The Morgan fingerprint density at radius 2 is 1.79 bits per heavy atom. The highest BCUT2D eigenvalue weighted by Gasteiger charge is 2.42. The molecule has 29 heavy (non-hydrogen) atoms. The molecule has 1 aliphatic heterocycles. The Labute approximate surface area is 175 Å². The van der Waals surface area contributed by atoms with Crippen LogP contribution in [0.15, 0.2) is 36.7 Å². The Morgan fingerprint density at radius 1 is 1.00 bits per heavy atom. The van der Waals surface area contributed by atoms with Crippen LogP contribution in [-0.4, -0.2) is 40.8 Å². The average Bonchev–Trinajstić information content (AvgIpc) is 3.26. The van der Waals surface area contributed by atoms with Crippen LogP contribution in [0.2, 0.25) is 10.0 Å². The summed E-state index contributed by atoms with van der Waals surface area (Å²) in [5, 5.41) is 5.13. The Hall–Kier alpha value is -3.10. The van der Waals surface area contributed by atoms with Crippen LogP contribution in [0.3, 0.4) is 0 Å². The van der Waals surface area contributed by atoms with Gasteiger partial charge in [-0.1, -0.05) is 29.3 Å². The van der Waals surface area contributed by atoms with Crippen LogP contribution in [0.25, 0.3) is 0 Å². The average molecular weight is 433 g/mol. The monoisotopic (exact) mass is 432 g/mol. The van der Waals surface area contributed by atoms with Gasteiger partial charge in [0.05, 0.1) is 41.9 Å². The Kier molecular flexibility index (Phi) is 4.89. The number of hydrogen-bond donors (Lipinski definition) is 0. The van der Waals surface area contributed by atoms with Crippen LogP contribution in [0, 0.1) is 0 Å². The van der Waals surface area contributed by atoms with Crippen molar-refractivity contribution < 1.29 is 19.1 Å². The number of nitrogens with zero attached hydrogens (tertiary/aromatic N) is 4. The summed E-state index contributed by atoms with van der Waals surface area (Å²) in [6, 6.07) is 8.28. The van der Waals surface area contributed by atoms with E-state index in [2.05, 4.69) is 10.1 Å². The molecule has 0 radical (unpaired) electrons. The molecule has 0 aliphatic carbocycles. The molecule has 0 saturated carbocycles. The number of halogens is 2. The third-order valence-corrected chi connectivity index (χ3v) is 5.19. The van der Waals surface area contributed by atoms with Gasteiger partial charge in [-0.2, -0.15) is 4.98 Å². The molecule has 0 fully saturated rings. The molecule has 8 nitrogen and oxygen atoms in total. The first kappa shape index (κ1) is 19.2. The second-order valence-electron chi connectivity index (χ2n) is 6.16. The first-order chi connectivity index (χ1) is 13.9. The third-order valence-electron chi connectivity index (χ3n) is 4.45. The second-order valence-corrected chi connectivity index (χ2v) is 6.97. The van der Waals surface area contributed by atoms with Crippen LogP contribution < -0.4 is 14.4 Å².